The van der Waals surface area contributed by atoms with Crippen molar-refractivity contribution in [3.05, 3.63) is 0 Å². The van der Waals surface area contributed by atoms with Gasteiger partial charge in [-0.1, -0.05) is 83.1 Å². The molecule has 164 valence electrons. The van der Waals surface area contributed by atoms with Crippen LogP contribution in [0.5, 0.6) is 0 Å². The Bertz CT molecular complexity index is 415. The van der Waals surface area contributed by atoms with E-state index in [4.69, 9.17) is 9.49 Å². The molecule has 0 aromatic rings. The summed E-state index contributed by atoms with van der Waals surface area (Å²) < 4.78 is 10.6. The standard InChI is InChI=1S/C22H51N3P2/c1-17(2)26(18(3)4,19(5)6)24-15-13-23-14-16-25-27(20(7)8,21(9)10)22(11)12/h17-23H,13-16H2,1-12H3. The van der Waals surface area contributed by atoms with Gasteiger partial charge in [0.15, 0.2) is 0 Å². The molecule has 0 aliphatic heterocycles. The Labute approximate surface area is 172 Å². The molecule has 0 heterocycles. The van der Waals surface area contributed by atoms with Crippen LogP contribution in [0.3, 0.4) is 0 Å². The zero-order valence-electron chi connectivity index (χ0n) is 20.6. The summed E-state index contributed by atoms with van der Waals surface area (Å²) in [6.07, 6.45) is 0. The highest BCUT2D eigenvalue weighted by Gasteiger charge is 2.31. The molecule has 0 aromatic carbocycles. The Hall–Kier alpha value is 0.420. The minimum absolute atomic E-state index is 0.682. The number of hydrogen-bond acceptors (Lipinski definition) is 3. The predicted molar refractivity (Wildman–Crippen MR) is 132 cm³/mol. The molecule has 0 spiro atoms. The second-order valence-electron chi connectivity index (χ2n) is 9.63. The monoisotopic (exact) mass is 419 g/mol. The van der Waals surface area contributed by atoms with E-state index >= 15 is 0 Å². The molecular weight excluding hydrogens is 368 g/mol. The summed E-state index contributed by atoms with van der Waals surface area (Å²) in [5.41, 5.74) is 4.09. The van der Waals surface area contributed by atoms with Crippen LogP contribution in [0.4, 0.5) is 0 Å². The fourth-order valence-corrected chi connectivity index (χ4v) is 15.3. The maximum absolute atomic E-state index is 5.31. The van der Waals surface area contributed by atoms with E-state index in [0.29, 0.717) is 34.0 Å². The molecule has 0 radical (unpaired) electrons. The Morgan fingerprint density at radius 1 is 0.481 bits per heavy atom. The van der Waals surface area contributed by atoms with Crippen LogP contribution in [-0.2, 0) is 0 Å². The smallest absolute Gasteiger partial charge is 0.0499 e. The summed E-state index contributed by atoms with van der Waals surface area (Å²) >= 11 is 0. The maximum Gasteiger partial charge on any atom is 0.0499 e. The molecule has 1 N–H and O–H groups in total. The molecule has 0 bridgehead atoms. The van der Waals surface area contributed by atoms with Gasteiger partial charge in [0.2, 0.25) is 0 Å². The normalized spacial score (nSPS) is 13.7. The lowest BCUT2D eigenvalue weighted by Gasteiger charge is -2.37. The highest BCUT2D eigenvalue weighted by Crippen LogP contribution is 2.62. The van der Waals surface area contributed by atoms with E-state index in [2.05, 4.69) is 88.4 Å². The molecule has 0 aliphatic carbocycles. The molecule has 0 atom stereocenters. The highest BCUT2D eigenvalue weighted by molar-refractivity contribution is 7.68. The van der Waals surface area contributed by atoms with E-state index in [0.717, 1.165) is 26.2 Å². The third kappa shape index (κ3) is 6.72. The number of nitrogens with one attached hydrogen (secondary N) is 1. The molecule has 0 aliphatic rings. The van der Waals surface area contributed by atoms with Gasteiger partial charge in [-0.3, -0.25) is 0 Å². The first-order chi connectivity index (χ1) is 12.4. The van der Waals surface area contributed by atoms with Crippen molar-refractivity contribution in [2.24, 2.45) is 9.49 Å². The number of hydrogen-bond donors (Lipinski definition) is 1. The SMILES string of the molecule is CC(C)P(=NCCNCCN=P(C(C)C)(C(C)C)C(C)C)(C(C)C)C(C)C. The van der Waals surface area contributed by atoms with Gasteiger partial charge in [0, 0.05) is 26.2 Å². The van der Waals surface area contributed by atoms with Crippen molar-refractivity contribution in [3.8, 4) is 0 Å². The van der Waals surface area contributed by atoms with E-state index < -0.39 is 14.1 Å². The molecule has 0 saturated heterocycles. The van der Waals surface area contributed by atoms with Crippen LogP contribution in [0.2, 0.25) is 0 Å². The van der Waals surface area contributed by atoms with Crippen LogP contribution >= 0.6 is 14.1 Å². The summed E-state index contributed by atoms with van der Waals surface area (Å²) in [6.45, 7) is 32.3. The van der Waals surface area contributed by atoms with Gasteiger partial charge in [-0.25, -0.2) is 0 Å². The van der Waals surface area contributed by atoms with Crippen molar-refractivity contribution < 1.29 is 0 Å². The molecule has 0 aromatic heterocycles. The average molecular weight is 420 g/mol. The quantitative estimate of drug-likeness (QED) is 0.259. The van der Waals surface area contributed by atoms with Gasteiger partial charge >= 0.3 is 0 Å². The van der Waals surface area contributed by atoms with E-state index in [1.165, 1.54) is 0 Å². The van der Waals surface area contributed by atoms with E-state index in [-0.39, 0.29) is 0 Å². The summed E-state index contributed by atoms with van der Waals surface area (Å²) in [5, 5.41) is 3.61. The molecule has 0 saturated carbocycles. The molecule has 3 nitrogen and oxygen atoms in total. The zero-order chi connectivity index (χ0) is 21.4. The fraction of sp³-hybridized carbons (Fsp3) is 1.00. The third-order valence-corrected chi connectivity index (χ3v) is 17.5. The predicted octanol–water partition coefficient (Wildman–Crippen LogP) is 7.43. The largest absolute Gasteiger partial charge is 0.313 e. The summed E-state index contributed by atoms with van der Waals surface area (Å²) in [5.74, 6) is 0. The zero-order valence-corrected chi connectivity index (χ0v) is 22.4. The number of rotatable bonds is 12. The molecule has 5 heteroatoms. The van der Waals surface area contributed by atoms with Crippen LogP contribution in [0, 0.1) is 0 Å². The Balaban J connectivity index is 4.92. The molecule has 27 heavy (non-hydrogen) atoms. The van der Waals surface area contributed by atoms with Crippen molar-refractivity contribution in [2.45, 2.75) is 117 Å². The lowest BCUT2D eigenvalue weighted by molar-refractivity contribution is 0.696. The molecule has 0 amide bonds. The first-order valence-electron chi connectivity index (χ1n) is 11.2. The van der Waals surface area contributed by atoms with E-state index in [1.54, 1.807) is 0 Å². The minimum Gasteiger partial charge on any atom is -0.313 e. The van der Waals surface area contributed by atoms with Gasteiger partial charge in [0.25, 0.3) is 0 Å². The second kappa shape index (κ2) is 12.2. The van der Waals surface area contributed by atoms with Crippen LogP contribution in [0.25, 0.3) is 0 Å². The molecule has 0 unspecified atom stereocenters. The first kappa shape index (κ1) is 27.4. The Kier molecular flexibility index (Phi) is 12.4. The van der Waals surface area contributed by atoms with E-state index in [9.17, 15) is 0 Å². The van der Waals surface area contributed by atoms with E-state index in [1.807, 2.05) is 0 Å². The van der Waals surface area contributed by atoms with Gasteiger partial charge < -0.3 is 14.8 Å². The third-order valence-electron chi connectivity index (χ3n) is 6.23. The van der Waals surface area contributed by atoms with Gasteiger partial charge in [-0.15, -0.1) is 0 Å². The number of nitrogens with zero attached hydrogens (tertiary/aromatic N) is 2. The van der Waals surface area contributed by atoms with Gasteiger partial charge in [-0.05, 0) is 48.1 Å². The summed E-state index contributed by atoms with van der Waals surface area (Å²) in [7, 11) is -2.53. The highest BCUT2D eigenvalue weighted by atomic mass is 31.2. The van der Waals surface area contributed by atoms with Crippen LogP contribution in [0.15, 0.2) is 9.49 Å². The molecule has 0 fully saturated rings. The topological polar surface area (TPSA) is 36.8 Å². The fourth-order valence-electron chi connectivity index (χ4n) is 5.29. The lowest BCUT2D eigenvalue weighted by atomic mass is 10.5. The minimum atomic E-state index is -1.27. The molecule has 0 rings (SSSR count). The summed E-state index contributed by atoms with van der Waals surface area (Å²) in [6, 6.07) is 0. The maximum atomic E-state index is 5.31. The van der Waals surface area contributed by atoms with Crippen molar-refractivity contribution in [3.63, 3.8) is 0 Å². The van der Waals surface area contributed by atoms with Crippen LogP contribution in [0.1, 0.15) is 83.1 Å². The van der Waals surface area contributed by atoms with Crippen molar-refractivity contribution in [2.75, 3.05) is 26.2 Å². The summed E-state index contributed by atoms with van der Waals surface area (Å²) in [4.78, 5) is 0. The molecular formula is C22H51N3P2. The first-order valence-corrected chi connectivity index (χ1v) is 15.1. The van der Waals surface area contributed by atoms with Crippen molar-refractivity contribution in [1.82, 2.24) is 5.32 Å². The van der Waals surface area contributed by atoms with Crippen molar-refractivity contribution in [1.29, 1.82) is 0 Å². The van der Waals surface area contributed by atoms with Crippen LogP contribution < -0.4 is 5.32 Å². The van der Waals surface area contributed by atoms with Crippen molar-refractivity contribution >= 4 is 14.1 Å². The Morgan fingerprint density at radius 2 is 0.704 bits per heavy atom. The van der Waals surface area contributed by atoms with Gasteiger partial charge in [0.05, 0.1) is 0 Å². The van der Waals surface area contributed by atoms with Crippen LogP contribution in [-0.4, -0.2) is 60.1 Å². The average Bonchev–Trinajstić information content (AvgIpc) is 2.51. The van der Waals surface area contributed by atoms with Gasteiger partial charge in [0.1, 0.15) is 0 Å². The van der Waals surface area contributed by atoms with Gasteiger partial charge in [-0.2, -0.15) is 0 Å². The second-order valence-corrected chi connectivity index (χ2v) is 19.6. The lowest BCUT2D eigenvalue weighted by Crippen LogP contribution is -2.23. The Morgan fingerprint density at radius 3 is 0.889 bits per heavy atom.